The highest BCUT2D eigenvalue weighted by Crippen LogP contribution is 2.78. The van der Waals surface area contributed by atoms with Crippen LogP contribution in [0.25, 0.3) is 0 Å². The lowest BCUT2D eigenvalue weighted by Crippen LogP contribution is -2.71. The van der Waals surface area contributed by atoms with Crippen molar-refractivity contribution in [3.63, 3.8) is 0 Å². The van der Waals surface area contributed by atoms with Crippen molar-refractivity contribution in [2.24, 2.45) is 50.7 Å². The van der Waals surface area contributed by atoms with Crippen LogP contribution in [0.15, 0.2) is 12.2 Å². The van der Waals surface area contributed by atoms with E-state index in [9.17, 15) is 15.0 Å². The number of aliphatic hydroxyl groups is 1. The van der Waals surface area contributed by atoms with Crippen LogP contribution in [0.5, 0.6) is 0 Å². The van der Waals surface area contributed by atoms with E-state index in [2.05, 4.69) is 48.1 Å². The van der Waals surface area contributed by atoms with E-state index in [0.717, 1.165) is 64.2 Å². The number of hydrogen-bond acceptors (Lipinski definition) is 2. The largest absolute Gasteiger partial charge is 0.481 e. The molecule has 0 aromatic rings. The van der Waals surface area contributed by atoms with Crippen LogP contribution < -0.4 is 0 Å². The van der Waals surface area contributed by atoms with E-state index < -0.39 is 17.0 Å². The van der Waals surface area contributed by atoms with Gasteiger partial charge in [-0.1, -0.05) is 53.2 Å². The molecule has 5 fully saturated rings. The molecule has 186 valence electrons. The van der Waals surface area contributed by atoms with Gasteiger partial charge in [-0.05, 0) is 111 Å². The van der Waals surface area contributed by atoms with Crippen LogP contribution in [0.3, 0.4) is 0 Å². The van der Waals surface area contributed by atoms with Crippen molar-refractivity contribution in [2.45, 2.75) is 118 Å². The first kappa shape index (κ1) is 23.9. The fourth-order valence-corrected chi connectivity index (χ4v) is 11.4. The summed E-state index contributed by atoms with van der Waals surface area (Å²) in [5.74, 6) is 0.964. The topological polar surface area (TPSA) is 57.5 Å². The van der Waals surface area contributed by atoms with E-state index in [4.69, 9.17) is 0 Å². The normalized spacial score (nSPS) is 55.0. The minimum Gasteiger partial charge on any atom is -0.481 e. The molecule has 5 saturated carbocycles. The Kier molecular flexibility index (Phi) is 4.99. The number of allylic oxidation sites excluding steroid dienone is 1. The van der Waals surface area contributed by atoms with E-state index in [1.54, 1.807) is 0 Å². The van der Waals surface area contributed by atoms with Gasteiger partial charge in [-0.25, -0.2) is 0 Å². The summed E-state index contributed by atoms with van der Waals surface area (Å²) >= 11 is 0. The van der Waals surface area contributed by atoms with Crippen LogP contribution in [0.1, 0.15) is 112 Å². The molecule has 0 radical (unpaired) electrons. The zero-order valence-corrected chi connectivity index (χ0v) is 22.1. The highest BCUT2D eigenvalue weighted by molar-refractivity contribution is 5.76. The molecular weight excluding hydrogens is 408 g/mol. The van der Waals surface area contributed by atoms with Crippen molar-refractivity contribution < 1.29 is 15.0 Å². The lowest BCUT2D eigenvalue weighted by atomic mass is 9.31. The average Bonchev–Trinajstić information content (AvgIpc) is 3.12. The van der Waals surface area contributed by atoms with Crippen LogP contribution >= 0.6 is 0 Å². The van der Waals surface area contributed by atoms with Crippen molar-refractivity contribution in [3.8, 4) is 0 Å². The molecule has 3 nitrogen and oxygen atoms in total. The predicted molar refractivity (Wildman–Crippen MR) is 133 cm³/mol. The summed E-state index contributed by atoms with van der Waals surface area (Å²) < 4.78 is 0. The minimum atomic E-state index is -0.599. The number of carboxylic acids is 1. The molecule has 9 atom stereocenters. The Morgan fingerprint density at radius 2 is 1.48 bits per heavy atom. The summed E-state index contributed by atoms with van der Waals surface area (Å²) in [6.45, 7) is 18.6. The van der Waals surface area contributed by atoms with Gasteiger partial charge in [0.1, 0.15) is 0 Å². The molecule has 5 aliphatic carbocycles. The van der Waals surface area contributed by atoms with Gasteiger partial charge in [0.05, 0.1) is 11.0 Å². The van der Waals surface area contributed by atoms with Crippen molar-refractivity contribution >= 4 is 5.97 Å². The second-order valence-electron chi connectivity index (χ2n) is 14.6. The van der Waals surface area contributed by atoms with Gasteiger partial charge in [0.15, 0.2) is 0 Å². The van der Waals surface area contributed by atoms with Crippen molar-refractivity contribution in [2.75, 3.05) is 0 Å². The van der Waals surface area contributed by atoms with Gasteiger partial charge >= 0.3 is 5.97 Å². The molecule has 0 amide bonds. The Hall–Kier alpha value is -0.830. The van der Waals surface area contributed by atoms with Crippen molar-refractivity contribution in [1.82, 2.24) is 0 Å². The van der Waals surface area contributed by atoms with Crippen LogP contribution in [0.2, 0.25) is 0 Å². The molecule has 0 aromatic heterocycles. The third kappa shape index (κ3) is 2.59. The molecule has 0 unspecified atom stereocenters. The maximum Gasteiger partial charge on any atom is 0.309 e. The maximum atomic E-state index is 12.8. The number of rotatable bonds is 2. The molecule has 0 spiro atoms. The summed E-state index contributed by atoms with van der Waals surface area (Å²) in [6, 6.07) is 0. The first-order valence-corrected chi connectivity index (χ1v) is 13.8. The van der Waals surface area contributed by atoms with E-state index >= 15 is 0 Å². The first-order chi connectivity index (χ1) is 15.2. The summed E-state index contributed by atoms with van der Waals surface area (Å²) in [7, 11) is 0. The Balaban J connectivity index is 1.59. The number of carbonyl (C=O) groups is 1. The molecule has 0 aliphatic heterocycles. The molecule has 2 N–H and O–H groups in total. The van der Waals surface area contributed by atoms with Gasteiger partial charge in [0.25, 0.3) is 0 Å². The second kappa shape index (κ2) is 6.89. The standard InChI is InChI=1S/C30H48O3/c1-19(2)20-11-14-29(24(31)32)17-15-26(5)21(23(20)29)9-10-22-27(26,6)16-18-30(33)25(3,4)12-8-13-28(22,30)7/h20-23,33H,1,8-18H2,2-7H3,(H,31,32)/t20-,21+,22-,23+,26+,27+,28+,29-,30+/m0/s1. The number of aliphatic carboxylic acids is 1. The average molecular weight is 457 g/mol. The second-order valence-corrected chi connectivity index (χ2v) is 14.6. The van der Waals surface area contributed by atoms with Gasteiger partial charge in [-0.2, -0.15) is 0 Å². The Morgan fingerprint density at radius 1 is 0.818 bits per heavy atom. The van der Waals surface area contributed by atoms with Crippen molar-refractivity contribution in [3.05, 3.63) is 12.2 Å². The number of fused-ring (bicyclic) bond motifs is 7. The third-order valence-electron chi connectivity index (χ3n) is 13.6. The highest BCUT2D eigenvalue weighted by atomic mass is 16.4. The molecule has 0 aromatic carbocycles. The zero-order chi connectivity index (χ0) is 24.2. The fraction of sp³-hybridized carbons (Fsp3) is 0.900. The highest BCUT2D eigenvalue weighted by Gasteiger charge is 2.74. The fourth-order valence-electron chi connectivity index (χ4n) is 11.4. The maximum absolute atomic E-state index is 12.8. The van der Waals surface area contributed by atoms with Crippen LogP contribution in [-0.2, 0) is 4.79 Å². The molecule has 33 heavy (non-hydrogen) atoms. The van der Waals surface area contributed by atoms with E-state index in [1.165, 1.54) is 12.0 Å². The summed E-state index contributed by atoms with van der Waals surface area (Å²) in [6.07, 6.45) is 11.3. The van der Waals surface area contributed by atoms with Crippen LogP contribution in [-0.4, -0.2) is 21.8 Å². The van der Waals surface area contributed by atoms with E-state index in [-0.39, 0.29) is 27.6 Å². The molecule has 5 rings (SSSR count). The monoisotopic (exact) mass is 456 g/mol. The predicted octanol–water partition coefficient (Wildman–Crippen LogP) is 7.23. The summed E-state index contributed by atoms with van der Waals surface area (Å²) in [5, 5.41) is 22.8. The SMILES string of the molecule is C=C(C)[C@@H]1CC[C@]2(C(=O)O)CC[C@]3(C)[C@H](CC[C@@H]4[C@@]5(C)CCCC(C)(C)[C@]5(O)CC[C@]43C)[C@@H]12. The molecule has 3 heteroatoms. The third-order valence-corrected chi connectivity index (χ3v) is 13.6. The van der Waals surface area contributed by atoms with E-state index in [1.807, 2.05) is 0 Å². The number of carboxylic acid groups (broad SMARTS) is 1. The Morgan fingerprint density at radius 3 is 2.12 bits per heavy atom. The quantitative estimate of drug-likeness (QED) is 0.431. The van der Waals surface area contributed by atoms with Gasteiger partial charge < -0.3 is 10.2 Å². The molecular formula is C30H48O3. The minimum absolute atomic E-state index is 0.0411. The van der Waals surface area contributed by atoms with E-state index in [0.29, 0.717) is 17.8 Å². The first-order valence-electron chi connectivity index (χ1n) is 13.8. The Bertz CT molecular complexity index is 876. The Labute approximate surface area is 201 Å². The van der Waals surface area contributed by atoms with Crippen molar-refractivity contribution in [1.29, 1.82) is 0 Å². The van der Waals surface area contributed by atoms with Crippen LogP contribution in [0.4, 0.5) is 0 Å². The molecule has 0 saturated heterocycles. The number of hydrogen-bond donors (Lipinski definition) is 2. The van der Waals surface area contributed by atoms with Gasteiger partial charge in [-0.3, -0.25) is 4.79 Å². The van der Waals surface area contributed by atoms with Crippen LogP contribution in [0, 0.1) is 50.7 Å². The zero-order valence-electron chi connectivity index (χ0n) is 22.1. The smallest absolute Gasteiger partial charge is 0.309 e. The summed E-state index contributed by atoms with van der Waals surface area (Å²) in [5.41, 5.74) is 0.225. The molecule has 0 bridgehead atoms. The van der Waals surface area contributed by atoms with Gasteiger partial charge in [-0.15, -0.1) is 0 Å². The molecule has 5 aliphatic rings. The lowest BCUT2D eigenvalue weighted by molar-refractivity contribution is -0.295. The molecule has 0 heterocycles. The summed E-state index contributed by atoms with van der Waals surface area (Å²) in [4.78, 5) is 12.8. The van der Waals surface area contributed by atoms with Gasteiger partial charge in [0, 0.05) is 5.41 Å². The van der Waals surface area contributed by atoms with Gasteiger partial charge in [0.2, 0.25) is 0 Å². The lowest BCUT2D eigenvalue weighted by Gasteiger charge is -2.74.